The number of hydrazine groups is 1. The predicted octanol–water partition coefficient (Wildman–Crippen LogP) is 2.19. The number of carbonyl (C=O) groups excluding carboxylic acids is 2. The predicted molar refractivity (Wildman–Crippen MR) is 88.0 cm³/mol. The SMILES string of the molecule is O=C(CCc1nc(-c2ccccc2)no1)NNC(=O)c1cccs1. The lowest BCUT2D eigenvalue weighted by molar-refractivity contribution is -0.121. The number of hydrogen-bond acceptors (Lipinski definition) is 6. The summed E-state index contributed by atoms with van der Waals surface area (Å²) in [5.74, 6) is 0.174. The highest BCUT2D eigenvalue weighted by atomic mass is 32.1. The minimum absolute atomic E-state index is 0.126. The van der Waals surface area contributed by atoms with Crippen molar-refractivity contribution in [1.82, 2.24) is 21.0 Å². The van der Waals surface area contributed by atoms with Crippen LogP contribution in [0.2, 0.25) is 0 Å². The molecule has 2 aromatic heterocycles. The molecule has 0 unspecified atom stereocenters. The Morgan fingerprint density at radius 2 is 1.92 bits per heavy atom. The Balaban J connectivity index is 1.46. The van der Waals surface area contributed by atoms with Gasteiger partial charge in [0.1, 0.15) is 0 Å². The first-order valence-corrected chi connectivity index (χ1v) is 8.11. The lowest BCUT2D eigenvalue weighted by atomic mass is 10.2. The first-order chi connectivity index (χ1) is 11.7. The maximum atomic E-state index is 11.8. The van der Waals surface area contributed by atoms with E-state index in [1.54, 1.807) is 17.5 Å². The standard InChI is InChI=1S/C16H14N4O3S/c21-13(18-19-16(22)12-7-4-10-24-12)8-9-14-17-15(20-23-14)11-5-2-1-3-6-11/h1-7,10H,8-9H2,(H,18,21)(H,19,22). The molecule has 0 spiro atoms. The number of carbonyl (C=O) groups is 2. The van der Waals surface area contributed by atoms with Gasteiger partial charge in [0.15, 0.2) is 0 Å². The Hall–Kier alpha value is -3.00. The van der Waals surface area contributed by atoms with E-state index in [0.717, 1.165) is 5.56 Å². The van der Waals surface area contributed by atoms with Crippen molar-refractivity contribution in [1.29, 1.82) is 0 Å². The first-order valence-electron chi connectivity index (χ1n) is 7.23. The number of rotatable bonds is 5. The van der Waals surface area contributed by atoms with Crippen molar-refractivity contribution in [2.75, 3.05) is 0 Å². The van der Waals surface area contributed by atoms with Crippen LogP contribution in [0, 0.1) is 0 Å². The van der Waals surface area contributed by atoms with E-state index in [0.29, 0.717) is 23.0 Å². The van der Waals surface area contributed by atoms with Gasteiger partial charge in [0.05, 0.1) is 4.88 Å². The summed E-state index contributed by atoms with van der Waals surface area (Å²) in [6.45, 7) is 0. The second-order valence-corrected chi connectivity index (χ2v) is 5.81. The van der Waals surface area contributed by atoms with Crippen LogP contribution in [0.1, 0.15) is 22.0 Å². The molecule has 2 N–H and O–H groups in total. The third-order valence-corrected chi connectivity index (χ3v) is 4.00. The number of aryl methyl sites for hydroxylation is 1. The first kappa shape index (κ1) is 15.9. The Labute approximate surface area is 141 Å². The molecule has 3 aromatic rings. The highest BCUT2D eigenvalue weighted by Crippen LogP contribution is 2.15. The van der Waals surface area contributed by atoms with Gasteiger partial charge in [-0.2, -0.15) is 4.98 Å². The summed E-state index contributed by atoms with van der Waals surface area (Å²) in [6.07, 6.45) is 0.418. The number of nitrogens with one attached hydrogen (secondary N) is 2. The largest absolute Gasteiger partial charge is 0.339 e. The maximum absolute atomic E-state index is 11.8. The Morgan fingerprint density at radius 1 is 1.08 bits per heavy atom. The molecular weight excluding hydrogens is 328 g/mol. The van der Waals surface area contributed by atoms with E-state index < -0.39 is 0 Å². The zero-order valence-electron chi connectivity index (χ0n) is 12.6. The van der Waals surface area contributed by atoms with Crippen molar-refractivity contribution >= 4 is 23.2 Å². The monoisotopic (exact) mass is 342 g/mol. The minimum atomic E-state index is -0.345. The van der Waals surface area contributed by atoms with Crippen molar-refractivity contribution in [3.8, 4) is 11.4 Å². The number of aromatic nitrogens is 2. The zero-order valence-corrected chi connectivity index (χ0v) is 13.4. The van der Waals surface area contributed by atoms with Crippen LogP contribution in [-0.2, 0) is 11.2 Å². The molecule has 0 saturated heterocycles. The zero-order chi connectivity index (χ0) is 16.8. The van der Waals surface area contributed by atoms with Gasteiger partial charge >= 0.3 is 0 Å². The lowest BCUT2D eigenvalue weighted by Crippen LogP contribution is -2.41. The fraction of sp³-hybridized carbons (Fsp3) is 0.125. The molecular formula is C16H14N4O3S. The van der Waals surface area contributed by atoms with Crippen LogP contribution in [-0.4, -0.2) is 22.0 Å². The molecule has 1 aromatic carbocycles. The van der Waals surface area contributed by atoms with Gasteiger partial charge in [0.25, 0.3) is 5.91 Å². The van der Waals surface area contributed by atoms with Crippen LogP contribution in [0.4, 0.5) is 0 Å². The third-order valence-electron chi connectivity index (χ3n) is 3.13. The summed E-state index contributed by atoms with van der Waals surface area (Å²) < 4.78 is 5.13. The maximum Gasteiger partial charge on any atom is 0.279 e. The van der Waals surface area contributed by atoms with Crippen molar-refractivity contribution < 1.29 is 14.1 Å². The Kier molecular flexibility index (Phi) is 4.97. The molecule has 8 heteroatoms. The molecule has 0 radical (unpaired) electrons. The lowest BCUT2D eigenvalue weighted by Gasteiger charge is -2.04. The van der Waals surface area contributed by atoms with E-state index in [4.69, 9.17) is 4.52 Å². The molecule has 7 nitrogen and oxygen atoms in total. The quantitative estimate of drug-likeness (QED) is 0.693. The summed E-state index contributed by atoms with van der Waals surface area (Å²) >= 11 is 1.30. The van der Waals surface area contributed by atoms with E-state index in [-0.39, 0.29) is 18.2 Å². The average molecular weight is 342 g/mol. The molecule has 24 heavy (non-hydrogen) atoms. The van der Waals surface area contributed by atoms with Crippen LogP contribution in [0.3, 0.4) is 0 Å². The molecule has 122 valence electrons. The second-order valence-electron chi connectivity index (χ2n) is 4.86. The van der Waals surface area contributed by atoms with E-state index in [1.807, 2.05) is 30.3 Å². The fourth-order valence-electron chi connectivity index (χ4n) is 1.94. The number of amides is 2. The fourth-order valence-corrected chi connectivity index (χ4v) is 2.56. The Bertz CT molecular complexity index is 815. The number of thiophene rings is 1. The second kappa shape index (κ2) is 7.51. The van der Waals surface area contributed by atoms with E-state index in [2.05, 4.69) is 21.0 Å². The summed E-state index contributed by atoms with van der Waals surface area (Å²) in [7, 11) is 0. The topological polar surface area (TPSA) is 97.1 Å². The number of hydrogen-bond donors (Lipinski definition) is 2. The molecule has 0 aliphatic carbocycles. The number of benzene rings is 1. The minimum Gasteiger partial charge on any atom is -0.339 e. The summed E-state index contributed by atoms with van der Waals surface area (Å²) in [5.41, 5.74) is 5.56. The molecule has 0 aliphatic heterocycles. The van der Waals surface area contributed by atoms with Gasteiger partial charge in [0, 0.05) is 18.4 Å². The van der Waals surface area contributed by atoms with E-state index >= 15 is 0 Å². The van der Waals surface area contributed by atoms with Crippen LogP contribution < -0.4 is 10.9 Å². The van der Waals surface area contributed by atoms with Crippen molar-refractivity contribution in [2.24, 2.45) is 0 Å². The molecule has 0 saturated carbocycles. The third kappa shape index (κ3) is 4.05. The van der Waals surface area contributed by atoms with Gasteiger partial charge < -0.3 is 4.52 Å². The van der Waals surface area contributed by atoms with E-state index in [9.17, 15) is 9.59 Å². The van der Waals surface area contributed by atoms with Crippen LogP contribution in [0.15, 0.2) is 52.4 Å². The van der Waals surface area contributed by atoms with Crippen molar-refractivity contribution in [2.45, 2.75) is 12.8 Å². The molecule has 0 aliphatic rings. The highest BCUT2D eigenvalue weighted by molar-refractivity contribution is 7.12. The van der Waals surface area contributed by atoms with Gasteiger partial charge in [-0.1, -0.05) is 41.6 Å². The molecule has 2 amide bonds. The highest BCUT2D eigenvalue weighted by Gasteiger charge is 2.11. The smallest absolute Gasteiger partial charge is 0.279 e. The summed E-state index contributed by atoms with van der Waals surface area (Å²) in [6, 6.07) is 12.9. The normalized spacial score (nSPS) is 10.3. The van der Waals surface area contributed by atoms with Gasteiger partial charge in [-0.15, -0.1) is 11.3 Å². The van der Waals surface area contributed by atoms with Crippen LogP contribution >= 0.6 is 11.3 Å². The van der Waals surface area contributed by atoms with Crippen molar-refractivity contribution in [3.63, 3.8) is 0 Å². The molecule has 3 rings (SSSR count). The van der Waals surface area contributed by atoms with Crippen molar-refractivity contribution in [3.05, 3.63) is 58.6 Å². The molecule has 2 heterocycles. The van der Waals surface area contributed by atoms with E-state index in [1.165, 1.54) is 11.3 Å². The van der Waals surface area contributed by atoms with Crippen LogP contribution in [0.25, 0.3) is 11.4 Å². The number of nitrogens with zero attached hydrogens (tertiary/aromatic N) is 2. The molecule has 0 bridgehead atoms. The molecule has 0 atom stereocenters. The average Bonchev–Trinajstić information content (AvgIpc) is 3.30. The van der Waals surface area contributed by atoms with Gasteiger partial charge in [-0.25, -0.2) is 0 Å². The van der Waals surface area contributed by atoms with Gasteiger partial charge in [-0.05, 0) is 11.4 Å². The summed E-state index contributed by atoms with van der Waals surface area (Å²) in [5, 5.41) is 5.67. The summed E-state index contributed by atoms with van der Waals surface area (Å²) in [4.78, 5) is 28.2. The Morgan fingerprint density at radius 3 is 2.67 bits per heavy atom. The molecule has 0 fully saturated rings. The van der Waals surface area contributed by atoms with Gasteiger partial charge in [-0.3, -0.25) is 20.4 Å². The van der Waals surface area contributed by atoms with Crippen LogP contribution in [0.5, 0.6) is 0 Å². The van der Waals surface area contributed by atoms with Gasteiger partial charge in [0.2, 0.25) is 17.6 Å².